The minimum absolute atomic E-state index is 0.0283. The van der Waals surface area contributed by atoms with Crippen molar-refractivity contribution in [1.82, 2.24) is 15.2 Å². The third-order valence-corrected chi connectivity index (χ3v) is 5.51. The number of nitrogens with zero attached hydrogens (tertiary/aromatic N) is 1. The first-order valence-corrected chi connectivity index (χ1v) is 9.80. The highest BCUT2D eigenvalue weighted by molar-refractivity contribution is 5.87. The van der Waals surface area contributed by atoms with Gasteiger partial charge in [-0.2, -0.15) is 0 Å². The number of H-pyrrole nitrogens is 1. The summed E-state index contributed by atoms with van der Waals surface area (Å²) in [4.78, 5) is 26.3. The van der Waals surface area contributed by atoms with Crippen molar-refractivity contribution in [3.63, 3.8) is 0 Å². The number of hydrogen-bond acceptors (Lipinski definition) is 4. The molecule has 1 saturated heterocycles. The molecular formula is C23H27N3O3. The summed E-state index contributed by atoms with van der Waals surface area (Å²) in [5.74, 6) is 0. The number of piperazine rings is 1. The van der Waals surface area contributed by atoms with Gasteiger partial charge in [0.1, 0.15) is 0 Å². The van der Waals surface area contributed by atoms with Crippen LogP contribution < -0.4 is 10.9 Å². The topological polar surface area (TPSA) is 85.4 Å². The maximum absolute atomic E-state index is 12.4. The molecule has 1 aliphatic heterocycles. The van der Waals surface area contributed by atoms with Crippen LogP contribution in [0, 0.1) is 6.92 Å². The monoisotopic (exact) mass is 393 g/mol. The summed E-state index contributed by atoms with van der Waals surface area (Å²) in [7, 11) is 0. The Labute approximate surface area is 170 Å². The summed E-state index contributed by atoms with van der Waals surface area (Å²) in [6, 6.07) is 16.9. The minimum Gasteiger partial charge on any atom is -0.483 e. The Balaban J connectivity index is 0.000000755. The molecule has 4 rings (SSSR count). The van der Waals surface area contributed by atoms with E-state index < -0.39 is 0 Å². The molecule has 0 amide bonds. The quantitative estimate of drug-likeness (QED) is 0.595. The number of aromatic nitrogens is 1. The normalized spacial score (nSPS) is 15.4. The number of nitrogens with one attached hydrogen (secondary N) is 2. The molecule has 3 aromatic rings. The zero-order valence-corrected chi connectivity index (χ0v) is 16.8. The molecule has 6 nitrogen and oxygen atoms in total. The lowest BCUT2D eigenvalue weighted by atomic mass is 10.0. The van der Waals surface area contributed by atoms with Crippen LogP contribution in [-0.2, 0) is 4.79 Å². The van der Waals surface area contributed by atoms with Crippen molar-refractivity contribution in [2.75, 3.05) is 26.2 Å². The van der Waals surface area contributed by atoms with Crippen LogP contribution in [0.4, 0.5) is 0 Å². The van der Waals surface area contributed by atoms with Gasteiger partial charge >= 0.3 is 0 Å². The molecule has 1 fully saturated rings. The SMILES string of the molecule is Cc1cccc2c(=O)[nH]c(-c3ccc(C(C)N4CCNCC4)cc3)cc12.O=CO. The largest absolute Gasteiger partial charge is 0.483 e. The van der Waals surface area contributed by atoms with Gasteiger partial charge in [0.2, 0.25) is 0 Å². The zero-order valence-electron chi connectivity index (χ0n) is 16.8. The van der Waals surface area contributed by atoms with E-state index in [0.717, 1.165) is 53.8 Å². The van der Waals surface area contributed by atoms with Gasteiger partial charge in [0, 0.05) is 43.3 Å². The van der Waals surface area contributed by atoms with Crippen molar-refractivity contribution in [3.8, 4) is 11.3 Å². The molecule has 3 N–H and O–H groups in total. The van der Waals surface area contributed by atoms with Crippen LogP contribution in [0.5, 0.6) is 0 Å². The average molecular weight is 393 g/mol. The van der Waals surface area contributed by atoms with E-state index in [4.69, 9.17) is 9.90 Å². The summed E-state index contributed by atoms with van der Waals surface area (Å²) in [6.45, 7) is 8.34. The van der Waals surface area contributed by atoms with Gasteiger partial charge in [-0.3, -0.25) is 14.5 Å². The molecule has 0 saturated carbocycles. The van der Waals surface area contributed by atoms with Gasteiger partial charge in [-0.15, -0.1) is 0 Å². The maximum Gasteiger partial charge on any atom is 0.290 e. The standard InChI is InChI=1S/C22H25N3O.CH2O2/c1-15-4-3-5-19-20(15)14-21(24-22(19)26)18-8-6-17(7-9-18)16(2)25-12-10-23-11-13-25;2-1-3/h3-9,14,16,23H,10-13H2,1-2H3,(H,24,26);1H,(H,2,3). The van der Waals surface area contributed by atoms with Crippen molar-refractivity contribution in [1.29, 1.82) is 0 Å². The number of aryl methyl sites for hydroxylation is 1. The number of carboxylic acid groups (broad SMARTS) is 1. The molecule has 2 heterocycles. The second-order valence-electron chi connectivity index (χ2n) is 7.24. The molecule has 6 heteroatoms. The van der Waals surface area contributed by atoms with Gasteiger partial charge in [-0.05, 0) is 48.1 Å². The van der Waals surface area contributed by atoms with Crippen molar-refractivity contribution >= 4 is 17.2 Å². The smallest absolute Gasteiger partial charge is 0.290 e. The molecule has 1 aromatic heterocycles. The lowest BCUT2D eigenvalue weighted by Gasteiger charge is -2.33. The van der Waals surface area contributed by atoms with E-state index in [9.17, 15) is 4.79 Å². The molecule has 1 aliphatic rings. The van der Waals surface area contributed by atoms with Crippen LogP contribution in [0.2, 0.25) is 0 Å². The van der Waals surface area contributed by atoms with Gasteiger partial charge in [0.15, 0.2) is 0 Å². The number of pyridine rings is 1. The van der Waals surface area contributed by atoms with Gasteiger partial charge in [0.25, 0.3) is 12.0 Å². The van der Waals surface area contributed by atoms with E-state index in [-0.39, 0.29) is 12.0 Å². The highest BCUT2D eigenvalue weighted by Gasteiger charge is 2.17. The highest BCUT2D eigenvalue weighted by Crippen LogP contribution is 2.26. The summed E-state index contributed by atoms with van der Waals surface area (Å²) >= 11 is 0. The Morgan fingerprint density at radius 3 is 2.38 bits per heavy atom. The first kappa shape index (κ1) is 20.8. The van der Waals surface area contributed by atoms with Crippen molar-refractivity contribution in [2.24, 2.45) is 0 Å². The molecule has 152 valence electrons. The van der Waals surface area contributed by atoms with Crippen LogP contribution in [0.3, 0.4) is 0 Å². The van der Waals surface area contributed by atoms with Gasteiger partial charge in [-0.1, -0.05) is 36.4 Å². The molecule has 29 heavy (non-hydrogen) atoms. The Bertz CT molecular complexity index is 1020. The minimum atomic E-state index is -0.250. The Kier molecular flexibility index (Phi) is 6.80. The highest BCUT2D eigenvalue weighted by atomic mass is 16.3. The third-order valence-electron chi connectivity index (χ3n) is 5.51. The Hall–Kier alpha value is -2.96. The molecule has 1 unspecified atom stereocenters. The van der Waals surface area contributed by atoms with Crippen molar-refractivity contribution in [3.05, 3.63) is 70.0 Å². The number of rotatable bonds is 3. The first-order chi connectivity index (χ1) is 14.0. The second-order valence-corrected chi connectivity index (χ2v) is 7.24. The summed E-state index contributed by atoms with van der Waals surface area (Å²) in [5, 5.41) is 12.1. The lowest BCUT2D eigenvalue weighted by Crippen LogP contribution is -2.44. The number of fused-ring (bicyclic) bond motifs is 1. The molecule has 0 aliphatic carbocycles. The zero-order chi connectivity index (χ0) is 20.8. The molecule has 0 bridgehead atoms. The van der Waals surface area contributed by atoms with E-state index in [1.54, 1.807) is 0 Å². The molecule has 1 atom stereocenters. The van der Waals surface area contributed by atoms with E-state index >= 15 is 0 Å². The Morgan fingerprint density at radius 1 is 1.07 bits per heavy atom. The predicted molar refractivity (Wildman–Crippen MR) is 116 cm³/mol. The third kappa shape index (κ3) is 4.72. The molecule has 2 aromatic carbocycles. The number of carbonyl (C=O) groups is 1. The van der Waals surface area contributed by atoms with Crippen molar-refractivity contribution < 1.29 is 9.90 Å². The van der Waals surface area contributed by atoms with Crippen LogP contribution in [0.1, 0.15) is 24.1 Å². The van der Waals surface area contributed by atoms with Crippen molar-refractivity contribution in [2.45, 2.75) is 19.9 Å². The molecule has 0 radical (unpaired) electrons. The molecule has 0 spiro atoms. The van der Waals surface area contributed by atoms with Crippen LogP contribution in [0.15, 0.2) is 53.3 Å². The van der Waals surface area contributed by atoms with Gasteiger partial charge in [0.05, 0.1) is 0 Å². The number of hydrogen-bond donors (Lipinski definition) is 3. The van der Waals surface area contributed by atoms with E-state index in [1.807, 2.05) is 25.1 Å². The second kappa shape index (κ2) is 9.49. The molecular weight excluding hydrogens is 366 g/mol. The number of benzene rings is 2. The fourth-order valence-corrected chi connectivity index (χ4v) is 3.82. The lowest BCUT2D eigenvalue weighted by molar-refractivity contribution is -0.122. The fraction of sp³-hybridized carbons (Fsp3) is 0.304. The summed E-state index contributed by atoms with van der Waals surface area (Å²) in [6.07, 6.45) is 0. The average Bonchev–Trinajstić information content (AvgIpc) is 2.75. The fourth-order valence-electron chi connectivity index (χ4n) is 3.82. The van der Waals surface area contributed by atoms with E-state index in [1.165, 1.54) is 5.56 Å². The predicted octanol–water partition coefficient (Wildman–Crippen LogP) is 3.17. The maximum atomic E-state index is 12.4. The summed E-state index contributed by atoms with van der Waals surface area (Å²) < 4.78 is 0. The van der Waals surface area contributed by atoms with Crippen LogP contribution in [-0.4, -0.2) is 47.6 Å². The van der Waals surface area contributed by atoms with E-state index in [0.29, 0.717) is 6.04 Å². The Morgan fingerprint density at radius 2 is 1.72 bits per heavy atom. The van der Waals surface area contributed by atoms with Gasteiger partial charge in [-0.25, -0.2) is 0 Å². The number of aromatic amines is 1. The van der Waals surface area contributed by atoms with Crippen LogP contribution in [0.25, 0.3) is 22.0 Å². The van der Waals surface area contributed by atoms with Crippen LogP contribution >= 0.6 is 0 Å². The van der Waals surface area contributed by atoms with Gasteiger partial charge < -0.3 is 15.4 Å². The summed E-state index contributed by atoms with van der Waals surface area (Å²) in [5.41, 5.74) is 4.33. The first-order valence-electron chi connectivity index (χ1n) is 9.80. The van der Waals surface area contributed by atoms with E-state index in [2.05, 4.69) is 52.5 Å².